The molecular formula is C54H42N2. The first-order valence-electron chi connectivity index (χ1n) is 19.2. The minimum atomic E-state index is -0.345. The van der Waals surface area contributed by atoms with Crippen LogP contribution in [0.1, 0.15) is 44.5 Å². The van der Waals surface area contributed by atoms with E-state index in [0.29, 0.717) is 0 Å². The number of hydrogen-bond acceptors (Lipinski definition) is 2. The first-order chi connectivity index (χ1) is 27.7. The third-order valence-electron chi connectivity index (χ3n) is 11.1. The second-order valence-electron chi connectivity index (χ2n) is 14.3. The van der Waals surface area contributed by atoms with Gasteiger partial charge in [-0.25, -0.2) is 0 Å². The molecule has 1 spiro atoms. The summed E-state index contributed by atoms with van der Waals surface area (Å²) in [5.74, 6) is 0. The Morgan fingerprint density at radius 1 is 0.518 bits per heavy atom. The Morgan fingerprint density at radius 2 is 1.09 bits per heavy atom. The molecule has 0 atom stereocenters. The minimum Gasteiger partial charge on any atom is -0.360 e. The molecule has 0 amide bonds. The summed E-state index contributed by atoms with van der Waals surface area (Å²) in [7, 11) is 0. The molecule has 1 aliphatic heterocycles. The summed E-state index contributed by atoms with van der Waals surface area (Å²) >= 11 is 0. The summed E-state index contributed by atoms with van der Waals surface area (Å²) in [5.41, 5.74) is 19.5. The smallest absolute Gasteiger partial charge is 0.0725 e. The fourth-order valence-electron chi connectivity index (χ4n) is 8.75. The van der Waals surface area contributed by atoms with E-state index >= 15 is 0 Å². The van der Waals surface area contributed by atoms with Crippen LogP contribution in [0.15, 0.2) is 207 Å². The highest BCUT2D eigenvalue weighted by Crippen LogP contribution is 2.62. The van der Waals surface area contributed by atoms with Crippen molar-refractivity contribution in [2.45, 2.75) is 12.3 Å². The summed E-state index contributed by atoms with van der Waals surface area (Å²) < 4.78 is 0. The number of aryl methyl sites for hydroxylation is 1. The molecular weight excluding hydrogens is 677 g/mol. The van der Waals surface area contributed by atoms with E-state index in [1.807, 2.05) is 18.2 Å². The first kappa shape index (κ1) is 34.6. The lowest BCUT2D eigenvalue weighted by Gasteiger charge is -2.30. The lowest BCUT2D eigenvalue weighted by molar-refractivity contribution is 0.792. The van der Waals surface area contributed by atoms with Gasteiger partial charge in [0.2, 0.25) is 0 Å². The summed E-state index contributed by atoms with van der Waals surface area (Å²) in [4.78, 5) is 2.31. The Labute approximate surface area is 330 Å². The average Bonchev–Trinajstić information content (AvgIpc) is 3.71. The molecule has 0 aromatic heterocycles. The van der Waals surface area contributed by atoms with Gasteiger partial charge in [0, 0.05) is 17.6 Å². The largest absolute Gasteiger partial charge is 0.360 e. The third-order valence-corrected chi connectivity index (χ3v) is 11.1. The number of allylic oxidation sites excluding steroid dienone is 3. The third kappa shape index (κ3) is 5.75. The monoisotopic (exact) mass is 718 g/mol. The van der Waals surface area contributed by atoms with E-state index in [-0.39, 0.29) is 5.41 Å². The number of para-hydroxylation sites is 2. The fourth-order valence-corrected chi connectivity index (χ4v) is 8.75. The topological polar surface area (TPSA) is 15.3 Å². The van der Waals surface area contributed by atoms with E-state index in [2.05, 4.69) is 219 Å². The van der Waals surface area contributed by atoms with Crippen molar-refractivity contribution in [2.24, 2.45) is 0 Å². The maximum absolute atomic E-state index is 3.51. The summed E-state index contributed by atoms with van der Waals surface area (Å²) in [6, 6.07) is 59.7. The molecule has 1 N–H and O–H groups in total. The van der Waals surface area contributed by atoms with Crippen molar-refractivity contribution >= 4 is 35.3 Å². The Hall–Kier alpha value is -7.16. The van der Waals surface area contributed by atoms with E-state index in [4.69, 9.17) is 0 Å². The molecule has 7 aromatic rings. The normalized spacial score (nSPS) is 15.7. The summed E-state index contributed by atoms with van der Waals surface area (Å²) in [6.07, 6.45) is 15.1. The zero-order valence-electron chi connectivity index (χ0n) is 31.5. The van der Waals surface area contributed by atoms with Gasteiger partial charge < -0.3 is 10.2 Å². The molecule has 268 valence electrons. The lowest BCUT2D eigenvalue weighted by atomic mass is 9.70. The zero-order chi connectivity index (χ0) is 38.1. The van der Waals surface area contributed by atoms with Crippen LogP contribution in [0.2, 0.25) is 0 Å². The highest BCUT2D eigenvalue weighted by molar-refractivity contribution is 5.95. The number of anilines is 3. The van der Waals surface area contributed by atoms with Crippen LogP contribution in [0.4, 0.5) is 17.1 Å². The highest BCUT2D eigenvalue weighted by atomic mass is 15.2. The number of benzene rings is 7. The molecule has 0 unspecified atom stereocenters. The van der Waals surface area contributed by atoms with E-state index in [9.17, 15) is 0 Å². The van der Waals surface area contributed by atoms with Crippen molar-refractivity contribution < 1.29 is 0 Å². The summed E-state index contributed by atoms with van der Waals surface area (Å²) in [5, 5.41) is 3.51. The number of hydrogen-bond donors (Lipinski definition) is 1. The van der Waals surface area contributed by atoms with Gasteiger partial charge in [-0.05, 0) is 111 Å². The van der Waals surface area contributed by atoms with Gasteiger partial charge in [0.05, 0.1) is 16.8 Å². The quantitative estimate of drug-likeness (QED) is 0.141. The van der Waals surface area contributed by atoms with Crippen LogP contribution in [-0.4, -0.2) is 0 Å². The zero-order valence-corrected chi connectivity index (χ0v) is 31.5. The predicted octanol–water partition coefficient (Wildman–Crippen LogP) is 14.0. The molecule has 56 heavy (non-hydrogen) atoms. The van der Waals surface area contributed by atoms with E-state index < -0.39 is 0 Å². The van der Waals surface area contributed by atoms with Gasteiger partial charge in [-0.1, -0.05) is 163 Å². The molecule has 0 fully saturated rings. The highest BCUT2D eigenvalue weighted by Gasteiger charge is 2.51. The predicted molar refractivity (Wildman–Crippen MR) is 239 cm³/mol. The lowest BCUT2D eigenvalue weighted by Crippen LogP contribution is -2.26. The van der Waals surface area contributed by atoms with Crippen LogP contribution in [0, 0.1) is 6.92 Å². The second-order valence-corrected chi connectivity index (χ2v) is 14.3. The number of fused-ring (bicyclic) bond motifs is 11. The van der Waals surface area contributed by atoms with Gasteiger partial charge in [0.1, 0.15) is 0 Å². The molecule has 0 saturated heterocycles. The fraction of sp³-hybridized carbons (Fsp3) is 0.0370. The molecule has 2 nitrogen and oxygen atoms in total. The standard InChI is InChI=1S/C52H38N2.C2H4/c1-36-23-31-45-46-32-28-38(34-50(46)52(49(45)33-36)47-20-10-8-18-43(47)44-19-9-11-21-48(44)52)25-24-37-26-29-41(30-27-37)54-42(35-53-40-15-3-2-4-16-40)17-7-5-13-39-14-6-12-22-51(39)54;1-2/h2-35,53H,1H3;1-2H2/b13-5-,17-7-,25-24+,42-35-;. The molecule has 7 aromatic carbocycles. The second kappa shape index (κ2) is 14.6. The Bertz CT molecular complexity index is 2660. The van der Waals surface area contributed by atoms with E-state index in [1.165, 1.54) is 55.6 Å². The van der Waals surface area contributed by atoms with Crippen LogP contribution in [0.3, 0.4) is 0 Å². The van der Waals surface area contributed by atoms with Gasteiger partial charge in [0.15, 0.2) is 0 Å². The number of rotatable bonds is 5. The molecule has 2 aliphatic carbocycles. The Morgan fingerprint density at radius 3 is 1.84 bits per heavy atom. The average molecular weight is 719 g/mol. The van der Waals surface area contributed by atoms with Crippen molar-refractivity contribution in [1.82, 2.24) is 0 Å². The summed E-state index contributed by atoms with van der Waals surface area (Å²) in [6.45, 7) is 8.21. The van der Waals surface area contributed by atoms with Crippen LogP contribution >= 0.6 is 0 Å². The van der Waals surface area contributed by atoms with Gasteiger partial charge in [-0.15, -0.1) is 13.2 Å². The molecule has 0 saturated carbocycles. The van der Waals surface area contributed by atoms with Crippen LogP contribution in [-0.2, 0) is 5.41 Å². The van der Waals surface area contributed by atoms with Crippen molar-refractivity contribution in [2.75, 3.05) is 10.2 Å². The van der Waals surface area contributed by atoms with Crippen molar-refractivity contribution in [3.05, 3.63) is 252 Å². The van der Waals surface area contributed by atoms with Gasteiger partial charge in [-0.3, -0.25) is 0 Å². The Kier molecular flexibility index (Phi) is 9.01. The Balaban J connectivity index is 0.00000202. The molecule has 3 aliphatic rings. The molecule has 1 heterocycles. The van der Waals surface area contributed by atoms with Crippen LogP contribution in [0.5, 0.6) is 0 Å². The van der Waals surface area contributed by atoms with E-state index in [1.54, 1.807) is 0 Å². The van der Waals surface area contributed by atoms with Crippen molar-refractivity contribution in [1.29, 1.82) is 0 Å². The molecule has 2 heteroatoms. The van der Waals surface area contributed by atoms with Crippen molar-refractivity contribution in [3.8, 4) is 22.3 Å². The first-order valence-corrected chi connectivity index (χ1v) is 19.2. The maximum atomic E-state index is 3.51. The van der Waals surface area contributed by atoms with Crippen LogP contribution < -0.4 is 10.2 Å². The van der Waals surface area contributed by atoms with Gasteiger partial charge in [0.25, 0.3) is 0 Å². The molecule has 10 rings (SSSR count). The molecule has 0 radical (unpaired) electrons. The van der Waals surface area contributed by atoms with Gasteiger partial charge >= 0.3 is 0 Å². The minimum absolute atomic E-state index is 0.345. The number of nitrogens with zero attached hydrogens (tertiary/aromatic N) is 1. The number of nitrogens with one attached hydrogen (secondary N) is 1. The van der Waals surface area contributed by atoms with Gasteiger partial charge in [-0.2, -0.15) is 0 Å². The molecule has 0 bridgehead atoms. The SMILES string of the molecule is C=C.Cc1ccc2c(c1)C1(c3ccccc3-c3ccccc31)c1cc(/C=C/c3ccc(N4C(=C\Nc5ccccc5)/C=C\C=C/c5ccccc54)cc3)ccc1-2. The van der Waals surface area contributed by atoms with Crippen LogP contribution in [0.25, 0.3) is 40.5 Å². The maximum Gasteiger partial charge on any atom is 0.0725 e. The van der Waals surface area contributed by atoms with Crippen molar-refractivity contribution in [3.63, 3.8) is 0 Å². The van der Waals surface area contributed by atoms with E-state index in [0.717, 1.165) is 33.9 Å².